The first-order chi connectivity index (χ1) is 14.9. The van der Waals surface area contributed by atoms with Gasteiger partial charge in [0.1, 0.15) is 17.0 Å². The van der Waals surface area contributed by atoms with Crippen LogP contribution in [0.3, 0.4) is 0 Å². The summed E-state index contributed by atoms with van der Waals surface area (Å²) in [5.74, 6) is 0.0157. The van der Waals surface area contributed by atoms with Gasteiger partial charge in [-0.15, -0.1) is 0 Å². The van der Waals surface area contributed by atoms with Crippen molar-refractivity contribution in [2.75, 3.05) is 12.4 Å². The second-order valence-corrected chi connectivity index (χ2v) is 7.31. The van der Waals surface area contributed by atoms with Crippen LogP contribution in [0.4, 0.5) is 14.5 Å². The van der Waals surface area contributed by atoms with Gasteiger partial charge in [-0.05, 0) is 48.5 Å². The second-order valence-electron chi connectivity index (χ2n) is 6.47. The smallest absolute Gasteiger partial charge is 0.280 e. The molecule has 0 aliphatic heterocycles. The number of benzene rings is 2. The van der Waals surface area contributed by atoms with Gasteiger partial charge >= 0.3 is 0 Å². The van der Waals surface area contributed by atoms with Gasteiger partial charge in [0.15, 0.2) is 5.65 Å². The van der Waals surface area contributed by atoms with Gasteiger partial charge in [-0.25, -0.2) is 18.3 Å². The SMILES string of the molecule is COc1ccc(-c2cc(C(F)F)n3ncc(C(=O)Nc4ccc(Cl)cc4Cl)c3n2)cc1. The number of methoxy groups -OCH3 is 1. The third-order valence-corrected chi connectivity index (χ3v) is 5.08. The van der Waals surface area contributed by atoms with Crippen LogP contribution in [0.15, 0.2) is 54.7 Å². The number of rotatable bonds is 5. The lowest BCUT2D eigenvalue weighted by Gasteiger charge is -2.10. The number of carbonyl (C=O) groups is 1. The number of nitrogens with one attached hydrogen (secondary N) is 1. The minimum atomic E-state index is -2.83. The second kappa shape index (κ2) is 8.49. The summed E-state index contributed by atoms with van der Waals surface area (Å²) in [5, 5.41) is 7.21. The van der Waals surface area contributed by atoms with E-state index in [0.29, 0.717) is 22.0 Å². The molecule has 4 rings (SSSR count). The van der Waals surface area contributed by atoms with Gasteiger partial charge in [0.05, 0.1) is 29.7 Å². The van der Waals surface area contributed by atoms with E-state index in [9.17, 15) is 13.6 Å². The van der Waals surface area contributed by atoms with E-state index in [2.05, 4.69) is 15.4 Å². The number of hydrogen-bond donors (Lipinski definition) is 1. The number of ether oxygens (including phenoxy) is 1. The molecular formula is C21H14Cl2F2N4O2. The molecule has 0 spiro atoms. The summed E-state index contributed by atoms with van der Waals surface area (Å²) in [4.78, 5) is 17.3. The zero-order valence-electron chi connectivity index (χ0n) is 15.9. The quantitative estimate of drug-likeness (QED) is 0.400. The maximum Gasteiger partial charge on any atom is 0.280 e. The number of hydrogen-bond acceptors (Lipinski definition) is 4. The lowest BCUT2D eigenvalue weighted by atomic mass is 10.1. The van der Waals surface area contributed by atoms with Crippen LogP contribution in [-0.4, -0.2) is 27.6 Å². The number of fused-ring (bicyclic) bond motifs is 1. The van der Waals surface area contributed by atoms with Gasteiger partial charge in [-0.3, -0.25) is 4.79 Å². The van der Waals surface area contributed by atoms with Gasteiger partial charge in [-0.2, -0.15) is 5.10 Å². The first kappa shape index (κ1) is 21.0. The Kier molecular flexibility index (Phi) is 5.75. The summed E-state index contributed by atoms with van der Waals surface area (Å²) in [6.45, 7) is 0. The summed E-state index contributed by atoms with van der Waals surface area (Å²) in [6, 6.07) is 12.6. The Morgan fingerprint density at radius 2 is 1.87 bits per heavy atom. The standard InChI is InChI=1S/C21H14Cl2F2N4O2/c1-31-13-5-2-11(3-6-13)17-9-18(19(24)25)29-20(27-17)14(10-26-29)21(30)28-16-7-4-12(22)8-15(16)23/h2-10,19H,1H3,(H,28,30). The molecule has 2 aromatic heterocycles. The number of aromatic nitrogens is 3. The minimum Gasteiger partial charge on any atom is -0.497 e. The van der Waals surface area contributed by atoms with E-state index in [0.717, 1.165) is 4.52 Å². The van der Waals surface area contributed by atoms with Crippen molar-refractivity contribution in [2.24, 2.45) is 0 Å². The Bertz CT molecular complexity index is 1280. The first-order valence-corrected chi connectivity index (χ1v) is 9.70. The monoisotopic (exact) mass is 462 g/mol. The lowest BCUT2D eigenvalue weighted by molar-refractivity contribution is 0.102. The van der Waals surface area contributed by atoms with E-state index in [1.165, 1.54) is 31.5 Å². The van der Waals surface area contributed by atoms with Gasteiger partial charge in [0.25, 0.3) is 12.3 Å². The predicted molar refractivity (Wildman–Crippen MR) is 114 cm³/mol. The van der Waals surface area contributed by atoms with E-state index >= 15 is 0 Å². The fourth-order valence-electron chi connectivity index (χ4n) is 2.99. The Balaban J connectivity index is 1.79. The summed E-state index contributed by atoms with van der Waals surface area (Å²) in [6.07, 6.45) is -1.64. The normalized spacial score (nSPS) is 11.2. The summed E-state index contributed by atoms with van der Waals surface area (Å²) in [5.41, 5.74) is 0.785. The highest BCUT2D eigenvalue weighted by Crippen LogP contribution is 2.29. The predicted octanol–water partition coefficient (Wildman–Crippen LogP) is 5.90. The van der Waals surface area contributed by atoms with Gasteiger partial charge < -0.3 is 10.1 Å². The molecule has 0 saturated heterocycles. The van der Waals surface area contributed by atoms with Crippen LogP contribution in [0.2, 0.25) is 10.0 Å². The van der Waals surface area contributed by atoms with Crippen LogP contribution >= 0.6 is 23.2 Å². The van der Waals surface area contributed by atoms with Crippen LogP contribution in [-0.2, 0) is 0 Å². The van der Waals surface area contributed by atoms with Crippen LogP contribution in [0.1, 0.15) is 22.5 Å². The Morgan fingerprint density at radius 1 is 1.13 bits per heavy atom. The van der Waals surface area contributed by atoms with Gasteiger partial charge in [0.2, 0.25) is 0 Å². The van der Waals surface area contributed by atoms with Crippen molar-refractivity contribution in [1.29, 1.82) is 0 Å². The van der Waals surface area contributed by atoms with E-state index in [1.807, 2.05) is 0 Å². The highest BCUT2D eigenvalue weighted by Gasteiger charge is 2.22. The third-order valence-electron chi connectivity index (χ3n) is 4.53. The molecule has 4 aromatic rings. The van der Waals surface area contributed by atoms with Crippen LogP contribution in [0, 0.1) is 0 Å². The average Bonchev–Trinajstić information content (AvgIpc) is 3.19. The first-order valence-electron chi connectivity index (χ1n) is 8.95. The number of anilines is 1. The van der Waals surface area contributed by atoms with Crippen molar-refractivity contribution in [3.8, 4) is 17.0 Å². The van der Waals surface area contributed by atoms with Crippen molar-refractivity contribution >= 4 is 40.4 Å². The van der Waals surface area contributed by atoms with Crippen molar-refractivity contribution < 1.29 is 18.3 Å². The fourth-order valence-corrected chi connectivity index (χ4v) is 3.45. The van der Waals surface area contributed by atoms with Crippen LogP contribution in [0.25, 0.3) is 16.9 Å². The largest absolute Gasteiger partial charge is 0.497 e. The molecular weight excluding hydrogens is 449 g/mol. The van der Waals surface area contributed by atoms with E-state index in [1.54, 1.807) is 30.3 Å². The summed E-state index contributed by atoms with van der Waals surface area (Å²) >= 11 is 12.0. The molecule has 0 aliphatic carbocycles. The highest BCUT2D eigenvalue weighted by atomic mass is 35.5. The van der Waals surface area contributed by atoms with Crippen molar-refractivity contribution in [3.63, 3.8) is 0 Å². The molecule has 2 heterocycles. The molecule has 1 amide bonds. The maximum atomic E-state index is 13.7. The zero-order valence-corrected chi connectivity index (χ0v) is 17.5. The number of nitrogens with zero attached hydrogens (tertiary/aromatic N) is 3. The molecule has 158 valence electrons. The zero-order chi connectivity index (χ0) is 22.1. The number of halogens is 4. The summed E-state index contributed by atoms with van der Waals surface area (Å²) in [7, 11) is 1.53. The van der Waals surface area contributed by atoms with Gasteiger partial charge in [-0.1, -0.05) is 23.2 Å². The van der Waals surface area contributed by atoms with E-state index < -0.39 is 12.3 Å². The van der Waals surface area contributed by atoms with Crippen molar-refractivity contribution in [1.82, 2.24) is 14.6 Å². The third kappa shape index (κ3) is 4.17. The molecule has 0 saturated carbocycles. The Hall–Kier alpha value is -3.23. The number of carbonyl (C=O) groups excluding carboxylic acids is 1. The average molecular weight is 463 g/mol. The molecule has 0 fully saturated rings. The van der Waals surface area contributed by atoms with Crippen LogP contribution < -0.4 is 10.1 Å². The van der Waals surface area contributed by atoms with Crippen molar-refractivity contribution in [3.05, 3.63) is 76.0 Å². The van der Waals surface area contributed by atoms with Crippen LogP contribution in [0.5, 0.6) is 5.75 Å². The topological polar surface area (TPSA) is 68.5 Å². The number of amides is 1. The molecule has 6 nitrogen and oxygen atoms in total. The molecule has 0 aliphatic rings. The molecule has 0 unspecified atom stereocenters. The lowest BCUT2D eigenvalue weighted by Crippen LogP contribution is -2.13. The highest BCUT2D eigenvalue weighted by molar-refractivity contribution is 6.36. The molecule has 0 bridgehead atoms. The minimum absolute atomic E-state index is 0.00814. The molecule has 2 aromatic carbocycles. The molecule has 10 heteroatoms. The van der Waals surface area contributed by atoms with Crippen molar-refractivity contribution in [2.45, 2.75) is 6.43 Å². The molecule has 0 radical (unpaired) electrons. The molecule has 1 N–H and O–H groups in total. The fraction of sp³-hybridized carbons (Fsp3) is 0.0952. The maximum absolute atomic E-state index is 13.7. The number of alkyl halides is 2. The van der Waals surface area contributed by atoms with Gasteiger partial charge in [0, 0.05) is 10.6 Å². The summed E-state index contributed by atoms with van der Waals surface area (Å²) < 4.78 is 33.5. The molecule has 0 atom stereocenters. The Morgan fingerprint density at radius 3 is 2.52 bits per heavy atom. The van der Waals surface area contributed by atoms with E-state index in [4.69, 9.17) is 27.9 Å². The molecule has 31 heavy (non-hydrogen) atoms. The Labute approximate surface area is 185 Å². The van der Waals surface area contributed by atoms with E-state index in [-0.39, 0.29) is 27.6 Å².